The summed E-state index contributed by atoms with van der Waals surface area (Å²) in [6, 6.07) is 16.6. The van der Waals surface area contributed by atoms with E-state index in [2.05, 4.69) is 41.3 Å². The molecule has 0 bridgehead atoms. The third-order valence-corrected chi connectivity index (χ3v) is 4.71. The van der Waals surface area contributed by atoms with Gasteiger partial charge in [0.1, 0.15) is 5.82 Å². The summed E-state index contributed by atoms with van der Waals surface area (Å²) in [5, 5.41) is 6.43. The maximum absolute atomic E-state index is 4.78. The first-order valence-corrected chi connectivity index (χ1v) is 8.50. The molecule has 0 aliphatic carbocycles. The summed E-state index contributed by atoms with van der Waals surface area (Å²) in [5.74, 6) is 1.63. The fourth-order valence-electron chi connectivity index (χ4n) is 2.68. The molecule has 0 aliphatic heterocycles. The lowest BCUT2D eigenvalue weighted by atomic mass is 10.2. The van der Waals surface area contributed by atoms with E-state index in [0.717, 1.165) is 33.3 Å². The number of aryl methyl sites for hydroxylation is 2. The quantitative estimate of drug-likeness (QED) is 0.419. The number of thioether (sulfide) groups is 1. The predicted molar refractivity (Wildman–Crippen MR) is 93.8 cm³/mol. The van der Waals surface area contributed by atoms with Gasteiger partial charge in [-0.25, -0.2) is 9.97 Å². The van der Waals surface area contributed by atoms with Gasteiger partial charge in [-0.2, -0.15) is 4.52 Å². The van der Waals surface area contributed by atoms with Gasteiger partial charge in [0.25, 0.3) is 0 Å². The van der Waals surface area contributed by atoms with Crippen molar-refractivity contribution in [3.63, 3.8) is 0 Å². The normalized spacial score (nSPS) is 11.4. The van der Waals surface area contributed by atoms with E-state index in [1.54, 1.807) is 11.8 Å². The summed E-state index contributed by atoms with van der Waals surface area (Å²) in [4.78, 5) is 9.35. The monoisotopic (exact) mass is 320 g/mol. The van der Waals surface area contributed by atoms with Crippen molar-refractivity contribution in [1.29, 1.82) is 0 Å². The molecule has 0 atom stereocenters. The number of hydrogen-bond donors (Lipinski definition) is 0. The Morgan fingerprint density at radius 3 is 2.74 bits per heavy atom. The molecule has 0 aliphatic rings. The highest BCUT2D eigenvalue weighted by atomic mass is 32.2. The standard InChI is InChI=1S/C18H16N4S/c1-12-6-5-7-14(10-12)11-23-18-20-16-9-4-3-8-15(16)17-19-13(2)21-22(17)18/h3-10H,11H2,1-2H3. The Hall–Kier alpha value is -2.40. The average molecular weight is 320 g/mol. The summed E-state index contributed by atoms with van der Waals surface area (Å²) in [7, 11) is 0. The Morgan fingerprint density at radius 2 is 1.87 bits per heavy atom. The minimum Gasteiger partial charge on any atom is -0.222 e. The summed E-state index contributed by atoms with van der Waals surface area (Å²) >= 11 is 1.69. The largest absolute Gasteiger partial charge is 0.222 e. The van der Waals surface area contributed by atoms with Crippen LogP contribution in [0.25, 0.3) is 16.6 Å². The number of nitrogens with zero attached hydrogens (tertiary/aromatic N) is 4. The zero-order valence-corrected chi connectivity index (χ0v) is 13.8. The van der Waals surface area contributed by atoms with Gasteiger partial charge in [0.2, 0.25) is 0 Å². The van der Waals surface area contributed by atoms with Gasteiger partial charge in [-0.3, -0.25) is 0 Å². The Bertz CT molecular complexity index is 1010. The Labute approximate surface area is 138 Å². The van der Waals surface area contributed by atoms with Crippen molar-refractivity contribution < 1.29 is 0 Å². The molecule has 4 aromatic rings. The Morgan fingerprint density at radius 1 is 1.00 bits per heavy atom. The fourth-order valence-corrected chi connectivity index (χ4v) is 3.56. The summed E-state index contributed by atoms with van der Waals surface area (Å²) in [6.45, 7) is 4.03. The van der Waals surface area contributed by atoms with Gasteiger partial charge >= 0.3 is 0 Å². The first-order valence-electron chi connectivity index (χ1n) is 7.51. The maximum atomic E-state index is 4.78. The molecule has 5 heteroatoms. The van der Waals surface area contributed by atoms with E-state index in [-0.39, 0.29) is 0 Å². The lowest BCUT2D eigenvalue weighted by Gasteiger charge is -2.06. The van der Waals surface area contributed by atoms with Crippen LogP contribution in [-0.2, 0) is 5.75 Å². The summed E-state index contributed by atoms with van der Waals surface area (Å²) in [6.07, 6.45) is 0. The number of hydrogen-bond acceptors (Lipinski definition) is 4. The molecule has 0 saturated carbocycles. The van der Waals surface area contributed by atoms with E-state index in [1.165, 1.54) is 11.1 Å². The van der Waals surface area contributed by atoms with Gasteiger partial charge in [0, 0.05) is 11.1 Å². The van der Waals surface area contributed by atoms with E-state index in [4.69, 9.17) is 4.98 Å². The van der Waals surface area contributed by atoms with Crippen molar-refractivity contribution in [1.82, 2.24) is 19.6 Å². The molecule has 0 saturated heterocycles. The number of fused-ring (bicyclic) bond motifs is 3. The molecule has 2 heterocycles. The molecule has 4 rings (SSSR count). The van der Waals surface area contributed by atoms with Crippen molar-refractivity contribution in [3.05, 3.63) is 65.5 Å². The highest BCUT2D eigenvalue weighted by Gasteiger charge is 2.12. The summed E-state index contributed by atoms with van der Waals surface area (Å²) in [5.41, 5.74) is 4.39. The minimum absolute atomic E-state index is 0.764. The second-order valence-corrected chi connectivity index (χ2v) is 6.53. The highest BCUT2D eigenvalue weighted by Crippen LogP contribution is 2.26. The Balaban J connectivity index is 1.78. The van der Waals surface area contributed by atoms with E-state index in [0.29, 0.717) is 0 Å². The number of rotatable bonds is 3. The molecular formula is C18H16N4S. The summed E-state index contributed by atoms with van der Waals surface area (Å²) < 4.78 is 1.86. The second-order valence-electron chi connectivity index (χ2n) is 5.58. The van der Waals surface area contributed by atoms with E-state index in [9.17, 15) is 0 Å². The zero-order valence-electron chi connectivity index (χ0n) is 13.0. The molecule has 0 radical (unpaired) electrons. The van der Waals surface area contributed by atoms with Gasteiger partial charge in [-0.05, 0) is 31.5 Å². The topological polar surface area (TPSA) is 43.1 Å². The van der Waals surface area contributed by atoms with Crippen LogP contribution in [0.15, 0.2) is 53.7 Å². The second kappa shape index (κ2) is 5.66. The van der Waals surface area contributed by atoms with Crippen LogP contribution < -0.4 is 0 Å². The molecule has 114 valence electrons. The molecule has 0 N–H and O–H groups in total. The molecule has 0 fully saturated rings. The van der Waals surface area contributed by atoms with Crippen molar-refractivity contribution in [2.24, 2.45) is 0 Å². The molecule has 0 amide bonds. The van der Waals surface area contributed by atoms with E-state index < -0.39 is 0 Å². The van der Waals surface area contributed by atoms with Crippen molar-refractivity contribution >= 4 is 28.3 Å². The van der Waals surface area contributed by atoms with E-state index >= 15 is 0 Å². The van der Waals surface area contributed by atoms with Crippen LogP contribution >= 0.6 is 11.8 Å². The SMILES string of the molecule is Cc1cccc(CSc2nc3ccccc3c3nc(C)nn23)c1. The number of benzene rings is 2. The molecule has 0 unspecified atom stereocenters. The van der Waals surface area contributed by atoms with Crippen LogP contribution in [-0.4, -0.2) is 19.6 Å². The minimum atomic E-state index is 0.764. The Kier molecular flexibility index (Phi) is 3.50. The molecule has 0 spiro atoms. The molecule has 23 heavy (non-hydrogen) atoms. The van der Waals surface area contributed by atoms with Crippen molar-refractivity contribution in [2.45, 2.75) is 24.8 Å². The first kappa shape index (κ1) is 14.2. The van der Waals surface area contributed by atoms with Gasteiger partial charge in [-0.15, -0.1) is 5.10 Å². The average Bonchev–Trinajstić information content (AvgIpc) is 2.94. The van der Waals surface area contributed by atoms with Crippen LogP contribution in [0.3, 0.4) is 0 Å². The van der Waals surface area contributed by atoms with Gasteiger partial charge in [0.05, 0.1) is 5.52 Å². The third kappa shape index (κ3) is 2.68. The number of para-hydroxylation sites is 1. The van der Waals surface area contributed by atoms with Crippen LogP contribution in [0.5, 0.6) is 0 Å². The van der Waals surface area contributed by atoms with Gasteiger partial charge < -0.3 is 0 Å². The third-order valence-electron chi connectivity index (χ3n) is 3.71. The molecule has 2 aromatic heterocycles. The van der Waals surface area contributed by atoms with E-state index in [1.807, 2.05) is 35.7 Å². The lowest BCUT2D eigenvalue weighted by Crippen LogP contribution is -1.98. The van der Waals surface area contributed by atoms with Crippen LogP contribution in [0.2, 0.25) is 0 Å². The number of aromatic nitrogens is 4. The lowest BCUT2D eigenvalue weighted by molar-refractivity contribution is 0.797. The first-order chi connectivity index (χ1) is 11.2. The molecule has 2 aromatic carbocycles. The molecular weight excluding hydrogens is 304 g/mol. The van der Waals surface area contributed by atoms with Gasteiger partial charge in [-0.1, -0.05) is 53.7 Å². The van der Waals surface area contributed by atoms with Gasteiger partial charge in [0.15, 0.2) is 10.8 Å². The molecule has 4 nitrogen and oxygen atoms in total. The zero-order chi connectivity index (χ0) is 15.8. The fraction of sp³-hybridized carbons (Fsp3) is 0.167. The van der Waals surface area contributed by atoms with Crippen molar-refractivity contribution in [3.8, 4) is 0 Å². The highest BCUT2D eigenvalue weighted by molar-refractivity contribution is 7.98. The van der Waals surface area contributed by atoms with Crippen LogP contribution in [0.4, 0.5) is 0 Å². The smallest absolute Gasteiger partial charge is 0.191 e. The van der Waals surface area contributed by atoms with Crippen LogP contribution in [0, 0.1) is 13.8 Å². The van der Waals surface area contributed by atoms with Crippen LogP contribution in [0.1, 0.15) is 17.0 Å². The van der Waals surface area contributed by atoms with Crippen molar-refractivity contribution in [2.75, 3.05) is 0 Å². The predicted octanol–water partition coefficient (Wildman–Crippen LogP) is 4.19. The maximum Gasteiger partial charge on any atom is 0.191 e.